The Morgan fingerprint density at radius 3 is 2.71 bits per heavy atom. The molecule has 2 heterocycles. The summed E-state index contributed by atoms with van der Waals surface area (Å²) in [5.74, 6) is 2.75. The maximum atomic E-state index is 5.53. The molecule has 90 valence electrons. The van der Waals surface area contributed by atoms with Crippen LogP contribution in [0.2, 0.25) is 0 Å². The Balaban J connectivity index is 2.16. The van der Waals surface area contributed by atoms with Crippen molar-refractivity contribution in [3.05, 3.63) is 46.0 Å². The summed E-state index contributed by atoms with van der Waals surface area (Å²) in [6, 6.07) is 8.05. The van der Waals surface area contributed by atoms with Gasteiger partial charge in [-0.1, -0.05) is 6.07 Å². The number of aromatic nitrogens is 1. The van der Waals surface area contributed by atoms with Crippen LogP contribution in [0.4, 0.5) is 5.82 Å². The largest absolute Gasteiger partial charge is 0.466 e. The zero-order chi connectivity index (χ0) is 12.4. The van der Waals surface area contributed by atoms with Crippen molar-refractivity contribution < 1.29 is 4.42 Å². The summed E-state index contributed by atoms with van der Waals surface area (Å²) in [7, 11) is 0. The number of nitrogens with one attached hydrogen (secondary N) is 1. The van der Waals surface area contributed by atoms with Crippen LogP contribution >= 0.6 is 15.9 Å². The molecule has 17 heavy (non-hydrogen) atoms. The molecule has 0 saturated heterocycles. The van der Waals surface area contributed by atoms with Gasteiger partial charge in [-0.05, 0) is 54.9 Å². The molecule has 0 aliphatic carbocycles. The Hall–Kier alpha value is -1.29. The van der Waals surface area contributed by atoms with Gasteiger partial charge in [-0.15, -0.1) is 0 Å². The number of rotatable bonds is 3. The molecule has 1 unspecified atom stereocenters. The van der Waals surface area contributed by atoms with Crippen LogP contribution in [-0.4, -0.2) is 4.98 Å². The summed E-state index contributed by atoms with van der Waals surface area (Å²) in [6.07, 6.45) is 0. The van der Waals surface area contributed by atoms with Gasteiger partial charge in [0.2, 0.25) is 0 Å². The summed E-state index contributed by atoms with van der Waals surface area (Å²) in [4.78, 5) is 4.35. The van der Waals surface area contributed by atoms with Gasteiger partial charge in [-0.25, -0.2) is 4.98 Å². The molecule has 1 atom stereocenters. The molecule has 2 aromatic heterocycles. The standard InChI is InChI=1S/C13H15BrN2O/c1-8-7-11(10(3)17-8)9(2)15-13-6-4-5-12(14)16-13/h4-7,9H,1-3H3,(H,15,16). The molecule has 4 heteroatoms. The van der Waals surface area contributed by atoms with E-state index in [1.807, 2.05) is 32.0 Å². The lowest BCUT2D eigenvalue weighted by molar-refractivity contribution is 0.500. The molecule has 0 saturated carbocycles. The van der Waals surface area contributed by atoms with Gasteiger partial charge >= 0.3 is 0 Å². The first-order chi connectivity index (χ1) is 8.06. The van der Waals surface area contributed by atoms with Crippen LogP contribution in [0, 0.1) is 13.8 Å². The second-order valence-electron chi connectivity index (χ2n) is 4.08. The first kappa shape index (κ1) is 12.2. The van der Waals surface area contributed by atoms with Gasteiger partial charge in [0.15, 0.2) is 0 Å². The van der Waals surface area contributed by atoms with E-state index in [-0.39, 0.29) is 6.04 Å². The molecule has 0 aromatic carbocycles. The van der Waals surface area contributed by atoms with E-state index >= 15 is 0 Å². The van der Waals surface area contributed by atoms with Gasteiger partial charge in [0.1, 0.15) is 21.9 Å². The van der Waals surface area contributed by atoms with E-state index in [2.05, 4.69) is 39.2 Å². The molecule has 2 aromatic rings. The molecule has 0 amide bonds. The first-order valence-corrected chi connectivity index (χ1v) is 6.31. The summed E-state index contributed by atoms with van der Waals surface area (Å²) >= 11 is 3.36. The van der Waals surface area contributed by atoms with E-state index < -0.39 is 0 Å². The van der Waals surface area contributed by atoms with E-state index in [0.717, 1.165) is 21.9 Å². The van der Waals surface area contributed by atoms with Crippen molar-refractivity contribution in [1.82, 2.24) is 4.98 Å². The monoisotopic (exact) mass is 294 g/mol. The summed E-state index contributed by atoms with van der Waals surface area (Å²) < 4.78 is 6.36. The first-order valence-electron chi connectivity index (χ1n) is 5.52. The summed E-state index contributed by atoms with van der Waals surface area (Å²) in [6.45, 7) is 6.04. The van der Waals surface area contributed by atoms with Crippen LogP contribution in [0.1, 0.15) is 30.0 Å². The number of aryl methyl sites for hydroxylation is 2. The van der Waals surface area contributed by atoms with Crippen molar-refractivity contribution in [2.45, 2.75) is 26.8 Å². The Kier molecular flexibility index (Phi) is 3.52. The van der Waals surface area contributed by atoms with Crippen molar-refractivity contribution in [2.24, 2.45) is 0 Å². The smallest absolute Gasteiger partial charge is 0.127 e. The molecular weight excluding hydrogens is 280 g/mol. The molecule has 0 aliphatic rings. The highest BCUT2D eigenvalue weighted by Crippen LogP contribution is 2.24. The van der Waals surface area contributed by atoms with Crippen molar-refractivity contribution >= 4 is 21.7 Å². The second kappa shape index (κ2) is 4.92. The predicted molar refractivity (Wildman–Crippen MR) is 72.2 cm³/mol. The summed E-state index contributed by atoms with van der Waals surface area (Å²) in [5.41, 5.74) is 1.17. The van der Waals surface area contributed by atoms with Crippen LogP contribution in [0.5, 0.6) is 0 Å². The number of anilines is 1. The SMILES string of the molecule is Cc1cc(C(C)Nc2cccc(Br)n2)c(C)o1. The number of hydrogen-bond donors (Lipinski definition) is 1. The van der Waals surface area contributed by atoms with Crippen LogP contribution in [0.3, 0.4) is 0 Å². The van der Waals surface area contributed by atoms with Gasteiger partial charge in [0, 0.05) is 5.56 Å². The molecule has 0 aliphatic heterocycles. The lowest BCUT2D eigenvalue weighted by Gasteiger charge is -2.13. The number of pyridine rings is 1. The number of nitrogens with zero attached hydrogens (tertiary/aromatic N) is 1. The minimum absolute atomic E-state index is 0.175. The van der Waals surface area contributed by atoms with Crippen molar-refractivity contribution in [1.29, 1.82) is 0 Å². The molecule has 0 radical (unpaired) electrons. The molecule has 0 bridgehead atoms. The fourth-order valence-corrected chi connectivity index (χ4v) is 2.21. The Bertz CT molecular complexity index is 522. The second-order valence-corrected chi connectivity index (χ2v) is 4.89. The highest BCUT2D eigenvalue weighted by atomic mass is 79.9. The molecular formula is C13H15BrN2O. The topological polar surface area (TPSA) is 38.1 Å². The van der Waals surface area contributed by atoms with E-state index in [0.29, 0.717) is 0 Å². The zero-order valence-corrected chi connectivity index (χ0v) is 11.7. The third kappa shape index (κ3) is 2.88. The lowest BCUT2D eigenvalue weighted by atomic mass is 10.1. The fourth-order valence-electron chi connectivity index (χ4n) is 1.87. The van der Waals surface area contributed by atoms with Crippen LogP contribution in [0.25, 0.3) is 0 Å². The average Bonchev–Trinajstić information content (AvgIpc) is 2.58. The Labute approximate surface area is 109 Å². The van der Waals surface area contributed by atoms with Crippen LogP contribution < -0.4 is 5.32 Å². The van der Waals surface area contributed by atoms with Crippen molar-refractivity contribution in [3.8, 4) is 0 Å². The molecule has 2 rings (SSSR count). The highest BCUT2D eigenvalue weighted by molar-refractivity contribution is 9.10. The van der Waals surface area contributed by atoms with Crippen molar-refractivity contribution in [2.75, 3.05) is 5.32 Å². The van der Waals surface area contributed by atoms with Crippen LogP contribution in [-0.2, 0) is 0 Å². The third-order valence-corrected chi connectivity index (χ3v) is 3.07. The van der Waals surface area contributed by atoms with Crippen molar-refractivity contribution in [3.63, 3.8) is 0 Å². The predicted octanol–water partition coefficient (Wildman–Crippen LogP) is 4.23. The number of halogens is 1. The maximum Gasteiger partial charge on any atom is 0.127 e. The van der Waals surface area contributed by atoms with Gasteiger partial charge in [-0.2, -0.15) is 0 Å². The fraction of sp³-hybridized carbons (Fsp3) is 0.308. The van der Waals surface area contributed by atoms with Gasteiger partial charge in [-0.3, -0.25) is 0 Å². The minimum Gasteiger partial charge on any atom is -0.466 e. The van der Waals surface area contributed by atoms with E-state index in [4.69, 9.17) is 4.42 Å². The maximum absolute atomic E-state index is 5.53. The van der Waals surface area contributed by atoms with Gasteiger partial charge < -0.3 is 9.73 Å². The minimum atomic E-state index is 0.175. The van der Waals surface area contributed by atoms with E-state index in [9.17, 15) is 0 Å². The normalized spacial score (nSPS) is 12.5. The third-order valence-electron chi connectivity index (χ3n) is 2.63. The van der Waals surface area contributed by atoms with E-state index in [1.54, 1.807) is 0 Å². The Morgan fingerprint density at radius 1 is 1.35 bits per heavy atom. The van der Waals surface area contributed by atoms with Gasteiger partial charge in [0.25, 0.3) is 0 Å². The highest BCUT2D eigenvalue weighted by Gasteiger charge is 2.12. The van der Waals surface area contributed by atoms with E-state index in [1.165, 1.54) is 5.56 Å². The van der Waals surface area contributed by atoms with Gasteiger partial charge in [0.05, 0.1) is 6.04 Å². The number of hydrogen-bond acceptors (Lipinski definition) is 3. The molecule has 0 fully saturated rings. The quantitative estimate of drug-likeness (QED) is 0.861. The average molecular weight is 295 g/mol. The lowest BCUT2D eigenvalue weighted by Crippen LogP contribution is -2.08. The zero-order valence-electron chi connectivity index (χ0n) is 10.1. The number of furan rings is 1. The van der Waals surface area contributed by atoms with Crippen LogP contribution in [0.15, 0.2) is 33.3 Å². The Morgan fingerprint density at radius 2 is 2.12 bits per heavy atom. The molecule has 0 spiro atoms. The molecule has 1 N–H and O–H groups in total. The summed E-state index contributed by atoms with van der Waals surface area (Å²) in [5, 5.41) is 3.35. The molecule has 3 nitrogen and oxygen atoms in total.